The Labute approximate surface area is 122 Å². The van der Waals surface area contributed by atoms with Gasteiger partial charge in [0, 0.05) is 24.0 Å². The Morgan fingerprint density at radius 3 is 2.42 bits per heavy atom. The first kappa shape index (κ1) is 14.3. The van der Waals surface area contributed by atoms with Gasteiger partial charge in [-0.25, -0.2) is 9.37 Å². The summed E-state index contributed by atoms with van der Waals surface area (Å²) in [5.74, 6) is -0.203. The molecule has 2 aromatic rings. The quantitative estimate of drug-likeness (QED) is 0.819. The molecule has 0 bridgehead atoms. The lowest BCUT2D eigenvalue weighted by atomic mass is 10.1. The maximum Gasteiger partial charge on any atom is 0.185 e. The average Bonchev–Trinajstić information content (AvgIpc) is 2.90. The summed E-state index contributed by atoms with van der Waals surface area (Å²) in [6.07, 6.45) is 3.84. The lowest BCUT2D eigenvalue weighted by molar-refractivity contribution is 0.577. The van der Waals surface area contributed by atoms with E-state index in [0.29, 0.717) is 0 Å². The predicted molar refractivity (Wildman–Crippen MR) is 80.8 cm³/mol. The van der Waals surface area contributed by atoms with E-state index in [-0.39, 0.29) is 18.2 Å². The maximum atomic E-state index is 12.9. The standard InChI is InChI=1S/C14H15FN2S.ClH/c15-12-6-4-11(5-7-12)13-10-18-14(16-13)17-8-2-1-3-9-17;/h4-7,10H,1-3,8-9H2;1H. The molecule has 102 valence electrons. The molecule has 2 nitrogen and oxygen atoms in total. The molecule has 0 N–H and O–H groups in total. The highest BCUT2D eigenvalue weighted by Crippen LogP contribution is 2.29. The SMILES string of the molecule is Cl.Fc1ccc(-c2csc(N3CCCCC3)n2)cc1. The molecule has 19 heavy (non-hydrogen) atoms. The van der Waals surface area contributed by atoms with Gasteiger partial charge >= 0.3 is 0 Å². The van der Waals surface area contributed by atoms with Crippen LogP contribution in [0.25, 0.3) is 11.3 Å². The van der Waals surface area contributed by atoms with Gasteiger partial charge in [-0.2, -0.15) is 0 Å². The minimum atomic E-state index is -0.203. The minimum absolute atomic E-state index is 0. The number of anilines is 1. The molecule has 0 atom stereocenters. The van der Waals surface area contributed by atoms with E-state index in [9.17, 15) is 4.39 Å². The molecule has 1 fully saturated rings. The van der Waals surface area contributed by atoms with E-state index in [2.05, 4.69) is 15.3 Å². The van der Waals surface area contributed by atoms with Crippen molar-refractivity contribution in [2.24, 2.45) is 0 Å². The number of aromatic nitrogens is 1. The van der Waals surface area contributed by atoms with Crippen LogP contribution in [0.1, 0.15) is 19.3 Å². The zero-order chi connectivity index (χ0) is 12.4. The van der Waals surface area contributed by atoms with Gasteiger partial charge in [0.1, 0.15) is 5.82 Å². The number of halogens is 2. The van der Waals surface area contributed by atoms with E-state index in [1.807, 2.05) is 0 Å². The fourth-order valence-corrected chi connectivity index (χ4v) is 3.14. The van der Waals surface area contributed by atoms with Gasteiger partial charge in [0.25, 0.3) is 0 Å². The number of hydrogen-bond donors (Lipinski definition) is 0. The molecular weight excluding hydrogens is 283 g/mol. The van der Waals surface area contributed by atoms with Crippen LogP contribution < -0.4 is 4.90 Å². The average molecular weight is 299 g/mol. The van der Waals surface area contributed by atoms with Gasteiger partial charge < -0.3 is 4.90 Å². The summed E-state index contributed by atoms with van der Waals surface area (Å²) in [5, 5.41) is 3.14. The summed E-state index contributed by atoms with van der Waals surface area (Å²) < 4.78 is 12.9. The lowest BCUT2D eigenvalue weighted by Crippen LogP contribution is -2.29. The van der Waals surface area contributed by atoms with Crippen molar-refractivity contribution in [3.8, 4) is 11.3 Å². The fourth-order valence-electron chi connectivity index (χ4n) is 2.25. The van der Waals surface area contributed by atoms with Gasteiger partial charge in [-0.1, -0.05) is 0 Å². The third-order valence-corrected chi connectivity index (χ3v) is 4.16. The number of piperidine rings is 1. The van der Waals surface area contributed by atoms with Gasteiger partial charge in [0.05, 0.1) is 5.69 Å². The second-order valence-corrected chi connectivity index (χ2v) is 5.41. The van der Waals surface area contributed by atoms with Crippen LogP contribution in [0.4, 0.5) is 9.52 Å². The largest absolute Gasteiger partial charge is 0.348 e. The van der Waals surface area contributed by atoms with Gasteiger partial charge in [0.2, 0.25) is 0 Å². The topological polar surface area (TPSA) is 16.1 Å². The number of hydrogen-bond acceptors (Lipinski definition) is 3. The van der Waals surface area contributed by atoms with E-state index in [0.717, 1.165) is 29.5 Å². The van der Waals surface area contributed by atoms with Crippen molar-refractivity contribution in [3.05, 3.63) is 35.5 Å². The van der Waals surface area contributed by atoms with E-state index in [1.165, 1.54) is 31.4 Å². The molecule has 1 aliphatic heterocycles. The van der Waals surface area contributed by atoms with Crippen LogP contribution in [0.5, 0.6) is 0 Å². The molecule has 3 rings (SSSR count). The van der Waals surface area contributed by atoms with Crippen LogP contribution in [-0.2, 0) is 0 Å². The molecule has 0 amide bonds. The number of benzene rings is 1. The summed E-state index contributed by atoms with van der Waals surface area (Å²) in [6.45, 7) is 2.22. The Hall–Kier alpha value is -1.13. The van der Waals surface area contributed by atoms with Gasteiger partial charge in [-0.3, -0.25) is 0 Å². The highest BCUT2D eigenvalue weighted by molar-refractivity contribution is 7.14. The Morgan fingerprint density at radius 1 is 1.05 bits per heavy atom. The number of thiazole rings is 1. The second kappa shape index (κ2) is 6.35. The molecule has 0 spiro atoms. The van der Waals surface area contributed by atoms with Crippen molar-refractivity contribution < 1.29 is 4.39 Å². The molecule has 5 heteroatoms. The van der Waals surface area contributed by atoms with Crippen LogP contribution >= 0.6 is 23.7 Å². The van der Waals surface area contributed by atoms with Crippen LogP contribution in [0, 0.1) is 5.82 Å². The summed E-state index contributed by atoms with van der Waals surface area (Å²) >= 11 is 1.68. The van der Waals surface area contributed by atoms with Crippen molar-refractivity contribution in [1.82, 2.24) is 4.98 Å². The van der Waals surface area contributed by atoms with Crippen LogP contribution in [0.2, 0.25) is 0 Å². The number of nitrogens with zero attached hydrogens (tertiary/aromatic N) is 2. The smallest absolute Gasteiger partial charge is 0.185 e. The van der Waals surface area contributed by atoms with E-state index in [1.54, 1.807) is 23.5 Å². The van der Waals surface area contributed by atoms with Crippen molar-refractivity contribution in [1.29, 1.82) is 0 Å². The zero-order valence-corrected chi connectivity index (χ0v) is 12.1. The summed E-state index contributed by atoms with van der Waals surface area (Å²) in [4.78, 5) is 7.00. The molecule has 1 aromatic carbocycles. The summed E-state index contributed by atoms with van der Waals surface area (Å²) in [6, 6.07) is 6.53. The van der Waals surface area contributed by atoms with Crippen LogP contribution in [0.15, 0.2) is 29.6 Å². The van der Waals surface area contributed by atoms with Gasteiger partial charge in [0.15, 0.2) is 5.13 Å². The van der Waals surface area contributed by atoms with Crippen molar-refractivity contribution in [3.63, 3.8) is 0 Å². The second-order valence-electron chi connectivity index (χ2n) is 4.57. The minimum Gasteiger partial charge on any atom is -0.348 e. The molecule has 2 heterocycles. The van der Waals surface area contributed by atoms with E-state index < -0.39 is 0 Å². The van der Waals surface area contributed by atoms with Crippen molar-refractivity contribution in [2.45, 2.75) is 19.3 Å². The van der Waals surface area contributed by atoms with Crippen LogP contribution in [0.3, 0.4) is 0 Å². The van der Waals surface area contributed by atoms with Crippen molar-refractivity contribution in [2.75, 3.05) is 18.0 Å². The first-order chi connectivity index (χ1) is 8.83. The van der Waals surface area contributed by atoms with Gasteiger partial charge in [-0.15, -0.1) is 23.7 Å². The molecule has 0 unspecified atom stereocenters. The number of rotatable bonds is 2. The maximum absolute atomic E-state index is 12.9. The first-order valence-corrected chi connectivity index (χ1v) is 7.17. The fraction of sp³-hybridized carbons (Fsp3) is 0.357. The Morgan fingerprint density at radius 2 is 1.74 bits per heavy atom. The monoisotopic (exact) mass is 298 g/mol. The molecule has 0 radical (unpaired) electrons. The Balaban J connectivity index is 0.00000133. The highest BCUT2D eigenvalue weighted by atomic mass is 35.5. The molecule has 1 aliphatic rings. The molecule has 1 saturated heterocycles. The first-order valence-electron chi connectivity index (χ1n) is 6.29. The zero-order valence-electron chi connectivity index (χ0n) is 10.5. The Bertz CT molecular complexity index is 520. The normalized spacial score (nSPS) is 15.1. The van der Waals surface area contributed by atoms with E-state index >= 15 is 0 Å². The summed E-state index contributed by atoms with van der Waals surface area (Å²) in [7, 11) is 0. The van der Waals surface area contributed by atoms with Crippen LogP contribution in [-0.4, -0.2) is 18.1 Å². The third-order valence-electron chi connectivity index (χ3n) is 3.26. The van der Waals surface area contributed by atoms with Crippen molar-refractivity contribution >= 4 is 28.9 Å². The lowest BCUT2D eigenvalue weighted by Gasteiger charge is -2.25. The molecule has 1 aromatic heterocycles. The summed E-state index contributed by atoms with van der Waals surface area (Å²) in [5.41, 5.74) is 1.93. The predicted octanol–water partition coefficient (Wildman–Crippen LogP) is 4.36. The highest BCUT2D eigenvalue weighted by Gasteiger charge is 2.14. The molecule has 0 aliphatic carbocycles. The molecule has 0 saturated carbocycles. The third kappa shape index (κ3) is 3.25. The molecular formula is C14H16ClFN2S. The Kier molecular flexibility index (Phi) is 4.77. The van der Waals surface area contributed by atoms with Gasteiger partial charge in [-0.05, 0) is 43.5 Å². The van der Waals surface area contributed by atoms with E-state index in [4.69, 9.17) is 0 Å².